The van der Waals surface area contributed by atoms with Gasteiger partial charge in [0.15, 0.2) is 5.92 Å². The van der Waals surface area contributed by atoms with E-state index < -0.39 is 24.3 Å². The molecule has 0 aliphatic rings. The third-order valence-corrected chi connectivity index (χ3v) is 2.55. The van der Waals surface area contributed by atoms with E-state index in [1.165, 1.54) is 14.0 Å². The molecule has 1 N–H and O–H groups in total. The predicted molar refractivity (Wildman–Crippen MR) is 55.2 cm³/mol. The van der Waals surface area contributed by atoms with Gasteiger partial charge in [-0.15, -0.1) is 0 Å². The molecule has 0 aromatic carbocycles. The lowest BCUT2D eigenvalue weighted by molar-refractivity contribution is -0.292. The number of aryl methyl sites for hydroxylation is 1. The number of alkyl halides is 6. The summed E-state index contributed by atoms with van der Waals surface area (Å²) in [5.74, 6) is -3.47. The SMILES string of the molecule is CCNC(c1cnn(C)c1)C(C(F)(F)F)C(F)(F)F. The molecule has 1 unspecified atom stereocenters. The molecule has 0 fully saturated rings. The van der Waals surface area contributed by atoms with Gasteiger partial charge in [0.2, 0.25) is 0 Å². The van der Waals surface area contributed by atoms with Gasteiger partial charge in [0.25, 0.3) is 0 Å². The van der Waals surface area contributed by atoms with Crippen LogP contribution < -0.4 is 5.32 Å². The lowest BCUT2D eigenvalue weighted by Crippen LogP contribution is -2.45. The Kier molecular flexibility index (Phi) is 4.49. The Bertz CT molecular complexity index is 394. The van der Waals surface area contributed by atoms with Crippen molar-refractivity contribution in [2.75, 3.05) is 6.54 Å². The summed E-state index contributed by atoms with van der Waals surface area (Å²) in [6, 6.07) is -1.90. The van der Waals surface area contributed by atoms with Gasteiger partial charge in [-0.05, 0) is 6.54 Å². The largest absolute Gasteiger partial charge is 0.402 e. The van der Waals surface area contributed by atoms with Gasteiger partial charge < -0.3 is 5.32 Å². The Hall–Kier alpha value is -1.25. The molecule has 19 heavy (non-hydrogen) atoms. The number of hydrogen-bond acceptors (Lipinski definition) is 2. The van der Waals surface area contributed by atoms with Gasteiger partial charge >= 0.3 is 12.4 Å². The van der Waals surface area contributed by atoms with Crippen LogP contribution in [-0.4, -0.2) is 28.7 Å². The Morgan fingerprint density at radius 3 is 2.05 bits per heavy atom. The number of halogens is 6. The summed E-state index contributed by atoms with van der Waals surface area (Å²) in [5, 5.41) is 5.84. The lowest BCUT2D eigenvalue weighted by Gasteiger charge is -2.30. The predicted octanol–water partition coefficient (Wildman–Crippen LogP) is 2.81. The van der Waals surface area contributed by atoms with Crippen LogP contribution in [0.15, 0.2) is 12.4 Å². The van der Waals surface area contributed by atoms with E-state index in [0.717, 1.165) is 17.1 Å². The molecule has 0 aliphatic heterocycles. The minimum atomic E-state index is -5.39. The highest BCUT2D eigenvalue weighted by molar-refractivity contribution is 5.13. The van der Waals surface area contributed by atoms with Gasteiger partial charge in [-0.25, -0.2) is 0 Å². The molecule has 9 heteroatoms. The van der Waals surface area contributed by atoms with E-state index >= 15 is 0 Å². The summed E-state index contributed by atoms with van der Waals surface area (Å²) in [7, 11) is 1.42. The van der Waals surface area contributed by atoms with Gasteiger partial charge in [0.1, 0.15) is 0 Å². The van der Waals surface area contributed by atoms with E-state index in [9.17, 15) is 26.3 Å². The maximum Gasteiger partial charge on any atom is 0.402 e. The zero-order valence-corrected chi connectivity index (χ0v) is 10.2. The highest BCUT2D eigenvalue weighted by atomic mass is 19.4. The number of nitrogens with zero attached hydrogens (tertiary/aromatic N) is 2. The molecule has 110 valence electrons. The van der Waals surface area contributed by atoms with Crippen LogP contribution >= 0.6 is 0 Å². The van der Waals surface area contributed by atoms with Crippen molar-refractivity contribution in [2.45, 2.75) is 25.3 Å². The molecule has 1 rings (SSSR count). The fourth-order valence-electron chi connectivity index (χ4n) is 1.81. The lowest BCUT2D eigenvalue weighted by atomic mass is 9.93. The number of hydrogen-bond donors (Lipinski definition) is 1. The fourth-order valence-corrected chi connectivity index (χ4v) is 1.81. The summed E-state index contributed by atoms with van der Waals surface area (Å²) in [4.78, 5) is 0. The van der Waals surface area contributed by atoms with Crippen LogP contribution in [0.3, 0.4) is 0 Å². The van der Waals surface area contributed by atoms with E-state index in [1.807, 2.05) is 0 Å². The average Bonchev–Trinajstić information content (AvgIpc) is 2.59. The van der Waals surface area contributed by atoms with E-state index in [2.05, 4.69) is 10.4 Å². The summed E-state index contributed by atoms with van der Waals surface area (Å²) >= 11 is 0. The normalized spacial score (nSPS) is 15.0. The van der Waals surface area contributed by atoms with Crippen molar-refractivity contribution in [3.05, 3.63) is 18.0 Å². The third kappa shape index (κ3) is 3.85. The molecule has 0 spiro atoms. The first kappa shape index (κ1) is 15.8. The van der Waals surface area contributed by atoms with Crippen molar-refractivity contribution in [1.82, 2.24) is 15.1 Å². The van der Waals surface area contributed by atoms with Crippen LogP contribution in [0.4, 0.5) is 26.3 Å². The molecule has 0 bridgehead atoms. The van der Waals surface area contributed by atoms with Gasteiger partial charge in [-0.3, -0.25) is 4.68 Å². The minimum absolute atomic E-state index is 0.0256. The smallest absolute Gasteiger partial charge is 0.309 e. The van der Waals surface area contributed by atoms with Crippen molar-refractivity contribution in [3.63, 3.8) is 0 Å². The van der Waals surface area contributed by atoms with Crippen LogP contribution in [-0.2, 0) is 7.05 Å². The zero-order valence-electron chi connectivity index (χ0n) is 10.2. The summed E-state index contributed by atoms with van der Waals surface area (Å²) in [6.07, 6.45) is -8.64. The van der Waals surface area contributed by atoms with Gasteiger partial charge in [0, 0.05) is 18.8 Å². The van der Waals surface area contributed by atoms with Gasteiger partial charge in [0.05, 0.1) is 12.2 Å². The first-order valence-corrected chi connectivity index (χ1v) is 5.42. The second kappa shape index (κ2) is 5.40. The van der Waals surface area contributed by atoms with E-state index in [1.54, 1.807) is 0 Å². The topological polar surface area (TPSA) is 29.9 Å². The second-order valence-corrected chi connectivity index (χ2v) is 4.04. The van der Waals surface area contributed by atoms with Crippen LogP contribution in [0, 0.1) is 5.92 Å². The summed E-state index contributed by atoms with van der Waals surface area (Å²) in [5.41, 5.74) is -0.149. The standard InChI is InChI=1S/C10H13F6N3/c1-3-17-7(6-4-18-19(2)5-6)8(9(11,12)13)10(14,15)16/h4-5,7-8,17H,3H2,1-2H3. The monoisotopic (exact) mass is 289 g/mol. The highest BCUT2D eigenvalue weighted by Gasteiger charge is 2.60. The van der Waals surface area contributed by atoms with Crippen molar-refractivity contribution >= 4 is 0 Å². The number of aromatic nitrogens is 2. The van der Waals surface area contributed by atoms with Crippen molar-refractivity contribution in [1.29, 1.82) is 0 Å². The Morgan fingerprint density at radius 2 is 1.74 bits per heavy atom. The second-order valence-electron chi connectivity index (χ2n) is 4.04. The molecular weight excluding hydrogens is 276 g/mol. The van der Waals surface area contributed by atoms with Gasteiger partial charge in [-0.2, -0.15) is 31.4 Å². The molecule has 3 nitrogen and oxygen atoms in total. The molecular formula is C10H13F6N3. The van der Waals surface area contributed by atoms with E-state index in [-0.39, 0.29) is 12.1 Å². The summed E-state index contributed by atoms with van der Waals surface area (Å²) < 4.78 is 77.3. The van der Waals surface area contributed by atoms with Crippen molar-refractivity contribution in [2.24, 2.45) is 13.0 Å². The molecule has 0 radical (unpaired) electrons. The molecule has 0 saturated heterocycles. The molecule has 1 aromatic rings. The maximum absolute atomic E-state index is 12.7. The van der Waals surface area contributed by atoms with Crippen LogP contribution in [0.2, 0.25) is 0 Å². The minimum Gasteiger partial charge on any atom is -0.309 e. The van der Waals surface area contributed by atoms with Crippen molar-refractivity contribution in [3.8, 4) is 0 Å². The third-order valence-electron chi connectivity index (χ3n) is 2.55. The quantitative estimate of drug-likeness (QED) is 0.864. The average molecular weight is 289 g/mol. The first-order chi connectivity index (χ1) is 8.57. The molecule has 0 saturated carbocycles. The highest BCUT2D eigenvalue weighted by Crippen LogP contribution is 2.46. The molecule has 0 aliphatic carbocycles. The van der Waals surface area contributed by atoms with E-state index in [0.29, 0.717) is 0 Å². The fraction of sp³-hybridized carbons (Fsp3) is 0.700. The van der Waals surface area contributed by atoms with Crippen LogP contribution in [0.1, 0.15) is 18.5 Å². The van der Waals surface area contributed by atoms with Crippen molar-refractivity contribution < 1.29 is 26.3 Å². The Morgan fingerprint density at radius 1 is 1.21 bits per heavy atom. The van der Waals surface area contributed by atoms with E-state index in [4.69, 9.17) is 0 Å². The first-order valence-electron chi connectivity index (χ1n) is 5.42. The number of nitrogens with one attached hydrogen (secondary N) is 1. The molecule has 1 aromatic heterocycles. The summed E-state index contributed by atoms with van der Waals surface area (Å²) in [6.45, 7) is 1.41. The maximum atomic E-state index is 12.7. The van der Waals surface area contributed by atoms with Gasteiger partial charge in [-0.1, -0.05) is 6.92 Å². The Labute approximate surface area is 105 Å². The van der Waals surface area contributed by atoms with Crippen LogP contribution in [0.25, 0.3) is 0 Å². The molecule has 1 atom stereocenters. The molecule has 1 heterocycles. The zero-order chi connectivity index (χ0) is 14.8. The molecule has 0 amide bonds. The number of rotatable bonds is 4. The van der Waals surface area contributed by atoms with Crippen LogP contribution in [0.5, 0.6) is 0 Å². The Balaban J connectivity index is 3.20.